The maximum atomic E-state index is 10.8. The third-order valence-corrected chi connectivity index (χ3v) is 1.22. The zero-order valence-corrected chi connectivity index (χ0v) is 6.03. The SMILES string of the molecule is O=C(O)CN1NCC(=O)NC1=O. The summed E-state index contributed by atoms with van der Waals surface area (Å²) in [5.41, 5.74) is 2.34. The minimum absolute atomic E-state index is 0.0843. The minimum atomic E-state index is -1.15. The summed E-state index contributed by atoms with van der Waals surface area (Å²) in [5, 5.41) is 11.1. The van der Waals surface area contributed by atoms with Crippen LogP contribution in [0.1, 0.15) is 0 Å². The van der Waals surface area contributed by atoms with Crippen LogP contribution in [0, 0.1) is 0 Å². The lowest BCUT2D eigenvalue weighted by atomic mass is 10.5. The molecule has 1 saturated heterocycles. The Hall–Kier alpha value is -1.63. The zero-order chi connectivity index (χ0) is 9.14. The first-order valence-electron chi connectivity index (χ1n) is 3.16. The van der Waals surface area contributed by atoms with Gasteiger partial charge in [0.1, 0.15) is 6.54 Å². The van der Waals surface area contributed by atoms with E-state index in [0.717, 1.165) is 5.01 Å². The van der Waals surface area contributed by atoms with Crippen LogP contribution in [-0.4, -0.2) is 41.1 Å². The zero-order valence-electron chi connectivity index (χ0n) is 6.03. The molecule has 3 N–H and O–H groups in total. The van der Waals surface area contributed by atoms with Crippen LogP contribution in [0.15, 0.2) is 0 Å². The molecule has 7 heteroatoms. The molecule has 0 radical (unpaired) electrons. The van der Waals surface area contributed by atoms with E-state index in [1.54, 1.807) is 0 Å². The highest BCUT2D eigenvalue weighted by Crippen LogP contribution is 1.89. The van der Waals surface area contributed by atoms with Crippen LogP contribution in [0.5, 0.6) is 0 Å². The summed E-state index contributed by atoms with van der Waals surface area (Å²) in [5.74, 6) is -1.62. The van der Waals surface area contributed by atoms with E-state index in [1.807, 2.05) is 5.32 Å². The lowest BCUT2D eigenvalue weighted by molar-refractivity contribution is -0.139. The van der Waals surface area contributed by atoms with E-state index in [0.29, 0.717) is 0 Å². The summed E-state index contributed by atoms with van der Waals surface area (Å²) in [7, 11) is 0. The van der Waals surface area contributed by atoms with Gasteiger partial charge in [0.05, 0.1) is 6.54 Å². The van der Waals surface area contributed by atoms with Crippen molar-refractivity contribution in [2.75, 3.05) is 13.1 Å². The number of aliphatic carboxylic acids is 1. The molecular weight excluding hydrogens is 166 g/mol. The Bertz CT molecular complexity index is 239. The Morgan fingerprint density at radius 2 is 2.25 bits per heavy atom. The first-order chi connectivity index (χ1) is 5.59. The standard InChI is InChI=1S/C5H7N3O4/c9-3-1-6-8(2-4(10)11)5(12)7-3/h6H,1-2H2,(H,10,11)(H,7,9,12). The topological polar surface area (TPSA) is 98.7 Å². The van der Waals surface area contributed by atoms with Crippen LogP contribution in [0.4, 0.5) is 4.79 Å². The number of nitrogens with zero attached hydrogens (tertiary/aromatic N) is 1. The summed E-state index contributed by atoms with van der Waals surface area (Å²) in [6, 6.07) is -0.742. The average molecular weight is 173 g/mol. The van der Waals surface area contributed by atoms with Crippen molar-refractivity contribution in [1.82, 2.24) is 15.8 Å². The molecule has 0 aromatic carbocycles. The molecule has 7 nitrogen and oxygen atoms in total. The van der Waals surface area contributed by atoms with Crippen LogP contribution in [0.2, 0.25) is 0 Å². The molecule has 1 heterocycles. The molecule has 1 aliphatic rings. The van der Waals surface area contributed by atoms with Gasteiger partial charge >= 0.3 is 12.0 Å². The van der Waals surface area contributed by atoms with Crippen molar-refractivity contribution in [3.8, 4) is 0 Å². The summed E-state index contributed by atoms with van der Waals surface area (Å²) in [4.78, 5) is 31.5. The number of amides is 3. The van der Waals surface area contributed by atoms with Gasteiger partial charge in [-0.15, -0.1) is 0 Å². The Kier molecular flexibility index (Phi) is 2.24. The van der Waals surface area contributed by atoms with Crippen LogP contribution in [0.3, 0.4) is 0 Å². The first kappa shape index (κ1) is 8.47. The van der Waals surface area contributed by atoms with Crippen LogP contribution in [0.25, 0.3) is 0 Å². The second kappa shape index (κ2) is 3.18. The molecule has 1 rings (SSSR count). The Morgan fingerprint density at radius 3 is 2.75 bits per heavy atom. The maximum Gasteiger partial charge on any atom is 0.338 e. The monoisotopic (exact) mass is 173 g/mol. The van der Waals surface area contributed by atoms with Crippen LogP contribution >= 0.6 is 0 Å². The van der Waals surface area contributed by atoms with Crippen molar-refractivity contribution in [2.45, 2.75) is 0 Å². The molecule has 0 aromatic rings. The number of carboxylic acid groups (broad SMARTS) is 1. The van der Waals surface area contributed by atoms with E-state index in [4.69, 9.17) is 5.11 Å². The van der Waals surface area contributed by atoms with Gasteiger partial charge in [0.2, 0.25) is 5.91 Å². The highest BCUT2D eigenvalue weighted by Gasteiger charge is 2.23. The van der Waals surface area contributed by atoms with Gasteiger partial charge < -0.3 is 5.11 Å². The molecule has 0 unspecified atom stereocenters. The van der Waals surface area contributed by atoms with E-state index in [-0.39, 0.29) is 6.54 Å². The molecule has 1 aliphatic heterocycles. The lowest BCUT2D eigenvalue weighted by Gasteiger charge is -2.25. The van der Waals surface area contributed by atoms with Crippen molar-refractivity contribution in [2.24, 2.45) is 0 Å². The summed E-state index contributed by atoms with van der Waals surface area (Å²) < 4.78 is 0. The second-order valence-electron chi connectivity index (χ2n) is 2.17. The molecule has 66 valence electrons. The van der Waals surface area contributed by atoms with Crippen LogP contribution < -0.4 is 10.7 Å². The molecule has 0 aliphatic carbocycles. The predicted octanol–water partition coefficient (Wildman–Crippen LogP) is -1.87. The number of hydrazine groups is 1. The van der Waals surface area contributed by atoms with Gasteiger partial charge in [-0.05, 0) is 0 Å². The molecule has 0 saturated carbocycles. The quantitative estimate of drug-likeness (QED) is 0.454. The number of urea groups is 1. The van der Waals surface area contributed by atoms with Crippen molar-refractivity contribution >= 4 is 17.9 Å². The Morgan fingerprint density at radius 1 is 1.58 bits per heavy atom. The Balaban J connectivity index is 2.51. The summed E-state index contributed by atoms with van der Waals surface area (Å²) >= 11 is 0. The van der Waals surface area contributed by atoms with Gasteiger partial charge in [-0.3, -0.25) is 14.9 Å². The van der Waals surface area contributed by atoms with Gasteiger partial charge in [0.25, 0.3) is 0 Å². The lowest BCUT2D eigenvalue weighted by Crippen LogP contribution is -2.60. The van der Waals surface area contributed by atoms with Crippen LogP contribution in [-0.2, 0) is 9.59 Å². The third-order valence-electron chi connectivity index (χ3n) is 1.22. The van der Waals surface area contributed by atoms with Gasteiger partial charge in [0.15, 0.2) is 0 Å². The predicted molar refractivity (Wildman–Crippen MR) is 35.9 cm³/mol. The number of carbonyl (C=O) groups excluding carboxylic acids is 2. The molecular formula is C5H7N3O4. The fourth-order valence-corrected chi connectivity index (χ4v) is 0.733. The second-order valence-corrected chi connectivity index (χ2v) is 2.17. The molecule has 0 aromatic heterocycles. The maximum absolute atomic E-state index is 10.8. The van der Waals surface area contributed by atoms with Gasteiger partial charge in [-0.2, -0.15) is 0 Å². The Labute approximate surface area is 67.3 Å². The number of carbonyl (C=O) groups is 3. The van der Waals surface area contributed by atoms with E-state index >= 15 is 0 Å². The average Bonchev–Trinajstić information content (AvgIpc) is 1.94. The van der Waals surface area contributed by atoms with E-state index < -0.39 is 24.5 Å². The third kappa shape index (κ3) is 1.92. The van der Waals surface area contributed by atoms with Gasteiger partial charge in [-0.1, -0.05) is 0 Å². The molecule has 3 amide bonds. The minimum Gasteiger partial charge on any atom is -0.480 e. The van der Waals surface area contributed by atoms with Gasteiger partial charge in [0, 0.05) is 0 Å². The normalized spacial score (nSPS) is 17.5. The first-order valence-corrected chi connectivity index (χ1v) is 3.16. The number of hydrogen-bond acceptors (Lipinski definition) is 4. The molecule has 12 heavy (non-hydrogen) atoms. The molecule has 1 fully saturated rings. The fourth-order valence-electron chi connectivity index (χ4n) is 0.733. The van der Waals surface area contributed by atoms with Crippen molar-refractivity contribution < 1.29 is 19.5 Å². The summed E-state index contributed by atoms with van der Waals surface area (Å²) in [6.45, 7) is -0.557. The van der Waals surface area contributed by atoms with Crippen molar-refractivity contribution in [3.63, 3.8) is 0 Å². The van der Waals surface area contributed by atoms with Gasteiger partial charge in [-0.25, -0.2) is 15.2 Å². The fraction of sp³-hybridized carbons (Fsp3) is 0.400. The molecule has 0 spiro atoms. The van der Waals surface area contributed by atoms with E-state index in [1.165, 1.54) is 0 Å². The largest absolute Gasteiger partial charge is 0.480 e. The highest BCUT2D eigenvalue weighted by atomic mass is 16.4. The number of nitrogens with one attached hydrogen (secondary N) is 2. The number of rotatable bonds is 2. The number of carboxylic acids is 1. The smallest absolute Gasteiger partial charge is 0.338 e. The van der Waals surface area contributed by atoms with E-state index in [9.17, 15) is 14.4 Å². The highest BCUT2D eigenvalue weighted by molar-refractivity contribution is 5.97. The number of imide groups is 1. The summed E-state index contributed by atoms with van der Waals surface area (Å²) in [6.07, 6.45) is 0. The molecule has 0 bridgehead atoms. The van der Waals surface area contributed by atoms with Crippen molar-refractivity contribution in [1.29, 1.82) is 0 Å². The number of hydrogen-bond donors (Lipinski definition) is 3. The van der Waals surface area contributed by atoms with Crippen molar-refractivity contribution in [3.05, 3.63) is 0 Å². The van der Waals surface area contributed by atoms with E-state index in [2.05, 4.69) is 5.43 Å². The molecule has 0 atom stereocenters.